The summed E-state index contributed by atoms with van der Waals surface area (Å²) in [6, 6.07) is 14.5. The van der Waals surface area contributed by atoms with Crippen LogP contribution in [0.5, 0.6) is 5.75 Å². The average molecular weight is 380 g/mol. The van der Waals surface area contributed by atoms with Gasteiger partial charge in [-0.25, -0.2) is 8.42 Å². The number of hydrogen-bond acceptors (Lipinski definition) is 3. The van der Waals surface area contributed by atoms with Crippen molar-refractivity contribution in [3.63, 3.8) is 0 Å². The van der Waals surface area contributed by atoms with Crippen molar-refractivity contribution in [1.82, 2.24) is 4.31 Å². The Balaban J connectivity index is 1.60. The molecular formula is C19H22ClNO3S. The summed E-state index contributed by atoms with van der Waals surface area (Å²) in [4.78, 5) is 0.311. The topological polar surface area (TPSA) is 46.6 Å². The molecule has 0 saturated carbocycles. The number of methoxy groups -OCH3 is 1. The summed E-state index contributed by atoms with van der Waals surface area (Å²) in [5.74, 6) is 1.36. The summed E-state index contributed by atoms with van der Waals surface area (Å²) >= 11 is 5.85. The molecule has 1 aliphatic heterocycles. The maximum atomic E-state index is 12.7. The zero-order chi connectivity index (χ0) is 17.9. The Morgan fingerprint density at radius 2 is 1.64 bits per heavy atom. The Morgan fingerprint density at radius 1 is 1.04 bits per heavy atom. The second-order valence-electron chi connectivity index (χ2n) is 6.35. The Morgan fingerprint density at radius 3 is 2.20 bits per heavy atom. The predicted octanol–water partition coefficient (Wildman–Crippen LogP) is 3.99. The highest BCUT2D eigenvalue weighted by Crippen LogP contribution is 2.27. The van der Waals surface area contributed by atoms with Gasteiger partial charge in [0.2, 0.25) is 10.0 Å². The van der Waals surface area contributed by atoms with Crippen molar-refractivity contribution in [1.29, 1.82) is 0 Å². The molecule has 134 valence electrons. The van der Waals surface area contributed by atoms with Crippen molar-refractivity contribution >= 4 is 21.6 Å². The molecule has 1 fully saturated rings. The second-order valence-corrected chi connectivity index (χ2v) is 8.73. The highest BCUT2D eigenvalue weighted by Gasteiger charge is 2.29. The van der Waals surface area contributed by atoms with E-state index in [0.29, 0.717) is 28.9 Å². The molecule has 0 bridgehead atoms. The lowest BCUT2D eigenvalue weighted by Gasteiger charge is -2.31. The lowest BCUT2D eigenvalue weighted by molar-refractivity contribution is 0.273. The van der Waals surface area contributed by atoms with Gasteiger partial charge in [-0.2, -0.15) is 4.31 Å². The molecule has 0 aliphatic carbocycles. The van der Waals surface area contributed by atoms with Crippen LogP contribution in [0.25, 0.3) is 0 Å². The number of halogens is 1. The van der Waals surface area contributed by atoms with Crippen LogP contribution in [0.4, 0.5) is 0 Å². The lowest BCUT2D eigenvalue weighted by Crippen LogP contribution is -2.38. The fourth-order valence-electron chi connectivity index (χ4n) is 3.20. The first kappa shape index (κ1) is 18.2. The number of benzene rings is 2. The number of hydrogen-bond donors (Lipinski definition) is 0. The van der Waals surface area contributed by atoms with Gasteiger partial charge in [0.1, 0.15) is 5.75 Å². The molecule has 2 aromatic carbocycles. The van der Waals surface area contributed by atoms with Crippen LogP contribution >= 0.6 is 11.6 Å². The van der Waals surface area contributed by atoms with Crippen molar-refractivity contribution in [2.24, 2.45) is 5.92 Å². The minimum absolute atomic E-state index is 0.311. The minimum atomic E-state index is -3.43. The van der Waals surface area contributed by atoms with E-state index in [1.165, 1.54) is 5.56 Å². The van der Waals surface area contributed by atoms with Crippen molar-refractivity contribution in [2.45, 2.75) is 24.2 Å². The van der Waals surface area contributed by atoms with Gasteiger partial charge in [-0.15, -0.1) is 0 Å². The predicted molar refractivity (Wildman–Crippen MR) is 99.6 cm³/mol. The normalized spacial score (nSPS) is 16.7. The van der Waals surface area contributed by atoms with Gasteiger partial charge in [-0.1, -0.05) is 23.7 Å². The van der Waals surface area contributed by atoms with Crippen molar-refractivity contribution in [3.05, 3.63) is 59.1 Å². The second kappa shape index (κ2) is 7.77. The van der Waals surface area contributed by atoms with Gasteiger partial charge < -0.3 is 4.74 Å². The van der Waals surface area contributed by atoms with Crippen molar-refractivity contribution in [2.75, 3.05) is 20.2 Å². The standard InChI is InChI=1S/C19H22ClNO3S/c1-24-18-6-2-15(3-7-18)14-16-10-12-21(13-11-16)25(22,23)19-8-4-17(20)5-9-19/h2-9,16H,10-14H2,1H3. The summed E-state index contributed by atoms with van der Waals surface area (Å²) in [5.41, 5.74) is 1.26. The summed E-state index contributed by atoms with van der Waals surface area (Å²) in [6.45, 7) is 1.12. The van der Waals surface area contributed by atoms with Crippen LogP contribution in [0.3, 0.4) is 0 Å². The van der Waals surface area contributed by atoms with E-state index in [1.807, 2.05) is 12.1 Å². The SMILES string of the molecule is COc1ccc(CC2CCN(S(=O)(=O)c3ccc(Cl)cc3)CC2)cc1. The first-order valence-electron chi connectivity index (χ1n) is 8.37. The van der Waals surface area contributed by atoms with Crippen LogP contribution in [-0.4, -0.2) is 32.9 Å². The Hall–Kier alpha value is -1.56. The molecule has 2 aromatic rings. The largest absolute Gasteiger partial charge is 0.497 e. The van der Waals surface area contributed by atoms with Gasteiger partial charge in [-0.3, -0.25) is 0 Å². The molecule has 0 aromatic heterocycles. The molecule has 1 aliphatic rings. The van der Waals surface area contributed by atoms with E-state index in [0.717, 1.165) is 25.0 Å². The molecule has 1 heterocycles. The molecule has 0 unspecified atom stereocenters. The van der Waals surface area contributed by atoms with Gasteiger partial charge in [0, 0.05) is 18.1 Å². The third-order valence-electron chi connectivity index (χ3n) is 4.71. The summed E-state index contributed by atoms with van der Waals surface area (Å²) in [5, 5.41) is 0.539. The van der Waals surface area contributed by atoms with Gasteiger partial charge in [0.05, 0.1) is 12.0 Å². The maximum absolute atomic E-state index is 12.7. The van der Waals surface area contributed by atoms with E-state index in [-0.39, 0.29) is 0 Å². The monoisotopic (exact) mass is 379 g/mol. The number of sulfonamides is 1. The molecule has 6 heteroatoms. The third kappa shape index (κ3) is 4.35. The molecule has 0 radical (unpaired) electrons. The fourth-order valence-corrected chi connectivity index (χ4v) is 4.80. The number of piperidine rings is 1. The van der Waals surface area contributed by atoms with Crippen LogP contribution in [0.1, 0.15) is 18.4 Å². The van der Waals surface area contributed by atoms with Crippen LogP contribution in [-0.2, 0) is 16.4 Å². The van der Waals surface area contributed by atoms with Crippen LogP contribution < -0.4 is 4.74 Å². The van der Waals surface area contributed by atoms with Crippen LogP contribution in [0.2, 0.25) is 5.02 Å². The lowest BCUT2D eigenvalue weighted by atomic mass is 9.91. The number of ether oxygens (including phenoxy) is 1. The molecule has 25 heavy (non-hydrogen) atoms. The number of rotatable bonds is 5. The van der Waals surface area contributed by atoms with Gasteiger partial charge >= 0.3 is 0 Å². The molecule has 0 atom stereocenters. The van der Waals surface area contributed by atoms with Crippen molar-refractivity contribution in [3.8, 4) is 5.75 Å². The van der Waals surface area contributed by atoms with Crippen LogP contribution in [0, 0.1) is 5.92 Å². The molecule has 0 N–H and O–H groups in total. The fraction of sp³-hybridized carbons (Fsp3) is 0.368. The molecule has 3 rings (SSSR count). The van der Waals surface area contributed by atoms with E-state index >= 15 is 0 Å². The van der Waals surface area contributed by atoms with Crippen LogP contribution in [0.15, 0.2) is 53.4 Å². The highest BCUT2D eigenvalue weighted by atomic mass is 35.5. The Bertz CT molecular complexity index is 796. The molecule has 1 saturated heterocycles. The smallest absolute Gasteiger partial charge is 0.243 e. The van der Waals surface area contributed by atoms with E-state index in [4.69, 9.17) is 16.3 Å². The molecule has 4 nitrogen and oxygen atoms in total. The van der Waals surface area contributed by atoms with E-state index in [1.54, 1.807) is 35.7 Å². The van der Waals surface area contributed by atoms with Gasteiger partial charge in [0.15, 0.2) is 0 Å². The van der Waals surface area contributed by atoms with E-state index in [9.17, 15) is 8.42 Å². The maximum Gasteiger partial charge on any atom is 0.243 e. The first-order valence-corrected chi connectivity index (χ1v) is 10.2. The average Bonchev–Trinajstić information content (AvgIpc) is 2.63. The minimum Gasteiger partial charge on any atom is -0.497 e. The van der Waals surface area contributed by atoms with Gasteiger partial charge in [0.25, 0.3) is 0 Å². The third-order valence-corrected chi connectivity index (χ3v) is 6.87. The zero-order valence-corrected chi connectivity index (χ0v) is 15.8. The Labute approximate surface area is 154 Å². The van der Waals surface area contributed by atoms with E-state index < -0.39 is 10.0 Å². The molecule has 0 spiro atoms. The van der Waals surface area contributed by atoms with Gasteiger partial charge in [-0.05, 0) is 67.1 Å². The summed E-state index contributed by atoms with van der Waals surface area (Å²) in [6.07, 6.45) is 2.72. The van der Waals surface area contributed by atoms with Crippen molar-refractivity contribution < 1.29 is 13.2 Å². The quantitative estimate of drug-likeness (QED) is 0.789. The summed E-state index contributed by atoms with van der Waals surface area (Å²) in [7, 11) is -1.77. The number of nitrogens with zero attached hydrogens (tertiary/aromatic N) is 1. The Kier molecular flexibility index (Phi) is 5.67. The van der Waals surface area contributed by atoms with E-state index in [2.05, 4.69) is 12.1 Å². The zero-order valence-electron chi connectivity index (χ0n) is 14.2. The first-order chi connectivity index (χ1) is 12.0. The summed E-state index contributed by atoms with van der Waals surface area (Å²) < 4.78 is 32.2. The molecule has 0 amide bonds. The molecular weight excluding hydrogens is 358 g/mol. The highest BCUT2D eigenvalue weighted by molar-refractivity contribution is 7.89.